The van der Waals surface area contributed by atoms with Crippen LogP contribution >= 0.6 is 11.3 Å². The van der Waals surface area contributed by atoms with Crippen LogP contribution in [0.3, 0.4) is 0 Å². The minimum atomic E-state index is -0.488. The Kier molecular flexibility index (Phi) is 3.93. The predicted molar refractivity (Wildman–Crippen MR) is 88.6 cm³/mol. The first-order valence-electron chi connectivity index (χ1n) is 6.62. The first-order valence-corrected chi connectivity index (χ1v) is 7.43. The first kappa shape index (κ1) is 14.3. The summed E-state index contributed by atoms with van der Waals surface area (Å²) in [4.78, 5) is 9.25. The summed E-state index contributed by atoms with van der Waals surface area (Å²) in [5, 5.41) is 10.4. The Hall–Kier alpha value is -2.60. The number of nitrogens with one attached hydrogen (secondary N) is 2. The normalized spacial score (nSPS) is 11.6. The van der Waals surface area contributed by atoms with E-state index in [4.69, 9.17) is 5.41 Å². The molecule has 0 radical (unpaired) electrons. The second kappa shape index (κ2) is 6.03. The second-order valence-electron chi connectivity index (χ2n) is 4.59. The molecule has 0 unspecified atom stereocenters. The van der Waals surface area contributed by atoms with E-state index in [0.717, 1.165) is 26.4 Å². The Labute approximate surface area is 130 Å². The summed E-state index contributed by atoms with van der Waals surface area (Å²) in [6.45, 7) is 0. The highest BCUT2D eigenvalue weighted by molar-refractivity contribution is 7.22. The third-order valence-electron chi connectivity index (χ3n) is 3.14. The van der Waals surface area contributed by atoms with Gasteiger partial charge in [0.15, 0.2) is 0 Å². The molecule has 3 heterocycles. The van der Waals surface area contributed by atoms with Crippen LogP contribution in [0.25, 0.3) is 26.2 Å². The van der Waals surface area contributed by atoms with E-state index >= 15 is 0 Å². The van der Waals surface area contributed by atoms with E-state index in [2.05, 4.69) is 15.3 Å². The van der Waals surface area contributed by atoms with E-state index in [1.165, 1.54) is 18.5 Å². The number of halogens is 1. The highest BCUT2D eigenvalue weighted by Gasteiger charge is 2.08. The summed E-state index contributed by atoms with van der Waals surface area (Å²) in [7, 11) is 1.78. The van der Waals surface area contributed by atoms with Gasteiger partial charge in [-0.05, 0) is 30.3 Å². The molecule has 3 rings (SSSR count). The van der Waals surface area contributed by atoms with Gasteiger partial charge in [0.2, 0.25) is 5.95 Å². The fourth-order valence-corrected chi connectivity index (χ4v) is 3.08. The maximum absolute atomic E-state index is 12.9. The smallest absolute Gasteiger partial charge is 0.212 e. The van der Waals surface area contributed by atoms with Gasteiger partial charge in [0.25, 0.3) is 0 Å². The Morgan fingerprint density at radius 3 is 2.86 bits per heavy atom. The van der Waals surface area contributed by atoms with E-state index in [0.29, 0.717) is 5.57 Å². The summed E-state index contributed by atoms with van der Waals surface area (Å²) in [6, 6.07) is 8.88. The van der Waals surface area contributed by atoms with Crippen LogP contribution in [0.1, 0.15) is 5.69 Å². The number of rotatable bonds is 4. The topological polar surface area (TPSA) is 61.7 Å². The molecule has 0 spiro atoms. The van der Waals surface area contributed by atoms with E-state index < -0.39 is 5.95 Å². The van der Waals surface area contributed by atoms with Gasteiger partial charge < -0.3 is 10.7 Å². The van der Waals surface area contributed by atoms with Crippen molar-refractivity contribution in [1.29, 1.82) is 5.41 Å². The quantitative estimate of drug-likeness (QED) is 0.570. The minimum absolute atomic E-state index is 0.488. The van der Waals surface area contributed by atoms with Gasteiger partial charge in [0, 0.05) is 41.7 Å². The van der Waals surface area contributed by atoms with Crippen LogP contribution in [0.4, 0.5) is 4.39 Å². The van der Waals surface area contributed by atoms with Crippen molar-refractivity contribution in [1.82, 2.24) is 15.3 Å². The molecule has 0 amide bonds. The summed E-state index contributed by atoms with van der Waals surface area (Å²) < 4.78 is 13.9. The molecule has 0 saturated heterocycles. The molecule has 0 atom stereocenters. The van der Waals surface area contributed by atoms with Crippen molar-refractivity contribution in [3.63, 3.8) is 0 Å². The van der Waals surface area contributed by atoms with E-state index in [9.17, 15) is 4.39 Å². The molecule has 0 fully saturated rings. The van der Waals surface area contributed by atoms with Crippen LogP contribution < -0.4 is 5.32 Å². The third-order valence-corrected chi connectivity index (χ3v) is 4.28. The van der Waals surface area contributed by atoms with Crippen LogP contribution in [0.2, 0.25) is 0 Å². The van der Waals surface area contributed by atoms with Gasteiger partial charge in [-0.2, -0.15) is 4.39 Å². The van der Waals surface area contributed by atoms with Crippen LogP contribution in [-0.4, -0.2) is 23.2 Å². The highest BCUT2D eigenvalue weighted by Crippen LogP contribution is 2.32. The Balaban J connectivity index is 2.05. The molecular weight excluding hydrogens is 299 g/mol. The van der Waals surface area contributed by atoms with Gasteiger partial charge in [-0.15, -0.1) is 11.3 Å². The Bertz CT molecular complexity index is 852. The lowest BCUT2D eigenvalue weighted by molar-refractivity contribution is 0.584. The third kappa shape index (κ3) is 2.73. The molecule has 4 nitrogen and oxygen atoms in total. The van der Waals surface area contributed by atoms with Gasteiger partial charge in [-0.1, -0.05) is 0 Å². The zero-order chi connectivity index (χ0) is 15.5. The van der Waals surface area contributed by atoms with Crippen molar-refractivity contribution in [3.05, 3.63) is 54.4 Å². The lowest BCUT2D eigenvalue weighted by atomic mass is 10.2. The molecule has 6 heteroatoms. The van der Waals surface area contributed by atoms with Gasteiger partial charge in [-0.25, -0.2) is 9.97 Å². The lowest BCUT2D eigenvalue weighted by Gasteiger charge is -2.00. The molecule has 2 N–H and O–H groups in total. The van der Waals surface area contributed by atoms with E-state index in [1.54, 1.807) is 30.7 Å². The maximum Gasteiger partial charge on any atom is 0.212 e. The Morgan fingerprint density at radius 1 is 1.32 bits per heavy atom. The number of thiophene rings is 1. The summed E-state index contributed by atoms with van der Waals surface area (Å²) >= 11 is 1.58. The van der Waals surface area contributed by atoms with Crippen LogP contribution in [0, 0.1) is 11.4 Å². The Morgan fingerprint density at radius 2 is 2.18 bits per heavy atom. The number of allylic oxidation sites excluding steroid dienone is 1. The number of fused-ring (bicyclic) bond motifs is 1. The van der Waals surface area contributed by atoms with E-state index in [1.807, 2.05) is 18.2 Å². The number of aromatic nitrogens is 2. The molecule has 110 valence electrons. The zero-order valence-electron chi connectivity index (χ0n) is 11.8. The molecule has 0 bridgehead atoms. The van der Waals surface area contributed by atoms with Gasteiger partial charge in [0.1, 0.15) is 0 Å². The van der Waals surface area contributed by atoms with Gasteiger partial charge in [-0.3, -0.25) is 0 Å². The fourth-order valence-electron chi connectivity index (χ4n) is 2.09. The van der Waals surface area contributed by atoms with Crippen molar-refractivity contribution < 1.29 is 4.39 Å². The monoisotopic (exact) mass is 312 g/mol. The maximum atomic E-state index is 12.9. The lowest BCUT2D eigenvalue weighted by Crippen LogP contribution is -1.98. The predicted octanol–water partition coefficient (Wildman–Crippen LogP) is 3.71. The zero-order valence-corrected chi connectivity index (χ0v) is 12.6. The highest BCUT2D eigenvalue weighted by atomic mass is 32.1. The molecule has 3 aromatic rings. The van der Waals surface area contributed by atoms with E-state index in [-0.39, 0.29) is 0 Å². The second-order valence-corrected chi connectivity index (χ2v) is 5.68. The van der Waals surface area contributed by atoms with Gasteiger partial charge >= 0.3 is 0 Å². The molecule has 0 aliphatic carbocycles. The van der Waals surface area contributed by atoms with Crippen LogP contribution in [0.5, 0.6) is 0 Å². The van der Waals surface area contributed by atoms with Gasteiger partial charge in [0.05, 0.1) is 15.9 Å². The van der Waals surface area contributed by atoms with Crippen molar-refractivity contribution in [3.8, 4) is 10.4 Å². The largest absolute Gasteiger partial charge is 0.393 e. The first-order chi connectivity index (χ1) is 10.7. The molecule has 0 aliphatic heterocycles. The van der Waals surface area contributed by atoms with Crippen molar-refractivity contribution in [2.45, 2.75) is 0 Å². The minimum Gasteiger partial charge on any atom is -0.393 e. The fraction of sp³-hybridized carbons (Fsp3) is 0.0625. The SMILES string of the molecule is CN/C=C(\C=N)c1ccc2sc(-c3ccc(F)nc3)cc2n1. The van der Waals surface area contributed by atoms with Crippen molar-refractivity contribution >= 4 is 33.3 Å². The number of nitrogens with zero attached hydrogens (tertiary/aromatic N) is 2. The molecule has 22 heavy (non-hydrogen) atoms. The standard InChI is InChI=1S/C16H13FN4S/c1-19-8-11(7-18)12-3-4-14-13(21-12)6-15(22-14)10-2-5-16(17)20-9-10/h2-9,18-19H,1H3/b11-8+,18-7?. The average Bonchev–Trinajstić information content (AvgIpc) is 2.96. The molecule has 0 aliphatic rings. The molecule has 3 aromatic heterocycles. The number of hydrogen-bond donors (Lipinski definition) is 2. The van der Waals surface area contributed by atoms with Crippen molar-refractivity contribution in [2.75, 3.05) is 7.05 Å². The summed E-state index contributed by atoms with van der Waals surface area (Å²) in [6.07, 6.45) is 4.52. The summed E-state index contributed by atoms with van der Waals surface area (Å²) in [5.74, 6) is -0.488. The van der Waals surface area contributed by atoms with Crippen molar-refractivity contribution in [2.24, 2.45) is 0 Å². The molecule has 0 saturated carbocycles. The molecule has 0 aromatic carbocycles. The average molecular weight is 312 g/mol. The number of hydrogen-bond acceptors (Lipinski definition) is 5. The van der Waals surface area contributed by atoms with Crippen LogP contribution in [0.15, 0.2) is 42.7 Å². The summed E-state index contributed by atoms with van der Waals surface area (Å²) in [5.41, 5.74) is 3.16. The van der Waals surface area contributed by atoms with Crippen LogP contribution in [-0.2, 0) is 0 Å². The number of pyridine rings is 2. The molecular formula is C16H13FN4S.